The first-order chi connectivity index (χ1) is 13.6. The molecule has 0 saturated heterocycles. The molecule has 1 aliphatic rings. The molecule has 1 aromatic heterocycles. The predicted molar refractivity (Wildman–Crippen MR) is 108 cm³/mol. The Labute approximate surface area is 165 Å². The van der Waals surface area contributed by atoms with Crippen molar-refractivity contribution in [3.8, 4) is 5.88 Å². The third-order valence-corrected chi connectivity index (χ3v) is 4.89. The third kappa shape index (κ3) is 5.31. The summed E-state index contributed by atoms with van der Waals surface area (Å²) in [6.07, 6.45) is 4.65. The topological polar surface area (TPSA) is 80.3 Å². The van der Waals surface area contributed by atoms with Crippen molar-refractivity contribution in [1.29, 1.82) is 0 Å². The van der Waals surface area contributed by atoms with Crippen LogP contribution < -0.4 is 15.4 Å². The average molecular weight is 381 g/mol. The predicted octanol–water partition coefficient (Wildman–Crippen LogP) is 3.79. The largest absolute Gasteiger partial charge is 0.477 e. The van der Waals surface area contributed by atoms with E-state index in [9.17, 15) is 9.59 Å². The van der Waals surface area contributed by atoms with Gasteiger partial charge in [-0.05, 0) is 49.1 Å². The highest BCUT2D eigenvalue weighted by Crippen LogP contribution is 2.38. The molecule has 6 heteroatoms. The molecular weight excluding hydrogens is 354 g/mol. The maximum atomic E-state index is 12.4. The maximum Gasteiger partial charge on any atom is 0.251 e. The molecule has 28 heavy (non-hydrogen) atoms. The summed E-state index contributed by atoms with van der Waals surface area (Å²) in [4.78, 5) is 28.7. The molecule has 0 radical (unpaired) electrons. The molecule has 6 nitrogen and oxygen atoms in total. The fourth-order valence-electron chi connectivity index (χ4n) is 2.91. The van der Waals surface area contributed by atoms with Crippen LogP contribution >= 0.6 is 0 Å². The Hall–Kier alpha value is -2.89. The van der Waals surface area contributed by atoms with E-state index in [2.05, 4.69) is 29.5 Å². The highest BCUT2D eigenvalue weighted by Gasteiger charge is 2.39. The minimum absolute atomic E-state index is 0.0527. The summed E-state index contributed by atoms with van der Waals surface area (Å²) < 4.78 is 5.70. The van der Waals surface area contributed by atoms with Crippen LogP contribution in [0.1, 0.15) is 49.0 Å². The summed E-state index contributed by atoms with van der Waals surface area (Å²) in [5, 5.41) is 5.79. The lowest BCUT2D eigenvalue weighted by Crippen LogP contribution is -2.23. The van der Waals surface area contributed by atoms with Gasteiger partial charge in [0.05, 0.1) is 6.61 Å². The minimum atomic E-state index is -0.183. The molecule has 2 aromatic rings. The van der Waals surface area contributed by atoms with Crippen LogP contribution in [-0.4, -0.2) is 23.4 Å². The normalized spacial score (nSPS) is 17.6. The van der Waals surface area contributed by atoms with E-state index in [-0.39, 0.29) is 17.7 Å². The molecule has 2 unspecified atom stereocenters. The number of amides is 2. The number of nitrogens with zero attached hydrogens (tertiary/aromatic N) is 1. The van der Waals surface area contributed by atoms with Crippen molar-refractivity contribution in [3.05, 3.63) is 53.7 Å². The van der Waals surface area contributed by atoms with E-state index in [1.165, 1.54) is 0 Å². The first kappa shape index (κ1) is 19.9. The SMILES string of the molecule is CCCCOc1ncccc1CNC(=O)c1ccc(NC(=O)C2CC2C)cc1. The molecule has 0 bridgehead atoms. The van der Waals surface area contributed by atoms with Crippen LogP contribution in [0.4, 0.5) is 5.69 Å². The van der Waals surface area contributed by atoms with Gasteiger partial charge in [0.25, 0.3) is 5.91 Å². The van der Waals surface area contributed by atoms with Gasteiger partial charge < -0.3 is 15.4 Å². The maximum absolute atomic E-state index is 12.4. The Bertz CT molecular complexity index is 820. The second kappa shape index (κ2) is 9.35. The molecule has 1 aliphatic carbocycles. The minimum Gasteiger partial charge on any atom is -0.477 e. The van der Waals surface area contributed by atoms with E-state index in [0.29, 0.717) is 36.2 Å². The number of unbranched alkanes of at least 4 members (excludes halogenated alkanes) is 1. The zero-order valence-corrected chi connectivity index (χ0v) is 16.4. The third-order valence-electron chi connectivity index (χ3n) is 4.89. The van der Waals surface area contributed by atoms with Gasteiger partial charge >= 0.3 is 0 Å². The summed E-state index contributed by atoms with van der Waals surface area (Å²) in [6.45, 7) is 5.12. The van der Waals surface area contributed by atoms with Gasteiger partial charge in [0, 0.05) is 35.5 Å². The van der Waals surface area contributed by atoms with E-state index in [4.69, 9.17) is 4.74 Å². The van der Waals surface area contributed by atoms with Crippen LogP contribution in [0.3, 0.4) is 0 Å². The number of nitrogens with one attached hydrogen (secondary N) is 2. The van der Waals surface area contributed by atoms with Crippen molar-refractivity contribution < 1.29 is 14.3 Å². The molecule has 0 spiro atoms. The number of benzene rings is 1. The highest BCUT2D eigenvalue weighted by molar-refractivity contribution is 5.96. The van der Waals surface area contributed by atoms with E-state index in [1.807, 2.05) is 12.1 Å². The molecule has 1 heterocycles. The van der Waals surface area contributed by atoms with Gasteiger partial charge in [0.15, 0.2) is 0 Å². The van der Waals surface area contributed by atoms with Crippen molar-refractivity contribution in [3.63, 3.8) is 0 Å². The van der Waals surface area contributed by atoms with Gasteiger partial charge in [-0.15, -0.1) is 0 Å². The molecule has 148 valence electrons. The van der Waals surface area contributed by atoms with Gasteiger partial charge in [-0.3, -0.25) is 9.59 Å². The Morgan fingerprint density at radius 3 is 2.64 bits per heavy atom. The van der Waals surface area contributed by atoms with Gasteiger partial charge in [-0.1, -0.05) is 26.3 Å². The highest BCUT2D eigenvalue weighted by atomic mass is 16.5. The quantitative estimate of drug-likeness (QED) is 0.648. The van der Waals surface area contributed by atoms with Crippen LogP contribution in [0.25, 0.3) is 0 Å². The summed E-state index contributed by atoms with van der Waals surface area (Å²) in [7, 11) is 0. The van der Waals surface area contributed by atoms with Gasteiger partial charge in [0.1, 0.15) is 0 Å². The van der Waals surface area contributed by atoms with Crippen molar-refractivity contribution >= 4 is 17.5 Å². The zero-order valence-electron chi connectivity index (χ0n) is 16.4. The Morgan fingerprint density at radius 1 is 1.21 bits per heavy atom. The Kier molecular flexibility index (Phi) is 6.63. The molecule has 2 N–H and O–H groups in total. The van der Waals surface area contributed by atoms with E-state index >= 15 is 0 Å². The summed E-state index contributed by atoms with van der Waals surface area (Å²) >= 11 is 0. The fourth-order valence-corrected chi connectivity index (χ4v) is 2.91. The molecular formula is C22H27N3O3. The average Bonchev–Trinajstić information content (AvgIpc) is 3.44. The molecule has 1 fully saturated rings. The zero-order chi connectivity index (χ0) is 19.9. The van der Waals surface area contributed by atoms with E-state index < -0.39 is 0 Å². The molecule has 1 aromatic carbocycles. The van der Waals surface area contributed by atoms with Crippen LogP contribution in [0.2, 0.25) is 0 Å². The lowest BCUT2D eigenvalue weighted by atomic mass is 10.1. The molecule has 2 atom stereocenters. The first-order valence-corrected chi connectivity index (χ1v) is 9.84. The van der Waals surface area contributed by atoms with Gasteiger partial charge in [-0.25, -0.2) is 4.98 Å². The smallest absolute Gasteiger partial charge is 0.251 e. The lowest BCUT2D eigenvalue weighted by Gasteiger charge is -2.11. The van der Waals surface area contributed by atoms with Crippen LogP contribution in [0.15, 0.2) is 42.6 Å². The van der Waals surface area contributed by atoms with Crippen LogP contribution in [0.5, 0.6) is 5.88 Å². The lowest BCUT2D eigenvalue weighted by molar-refractivity contribution is -0.117. The summed E-state index contributed by atoms with van der Waals surface area (Å²) in [5.74, 6) is 1.02. The van der Waals surface area contributed by atoms with Crippen molar-refractivity contribution in [2.45, 2.75) is 39.7 Å². The molecule has 2 amide bonds. The van der Waals surface area contributed by atoms with Crippen molar-refractivity contribution in [1.82, 2.24) is 10.3 Å². The van der Waals surface area contributed by atoms with Crippen molar-refractivity contribution in [2.24, 2.45) is 11.8 Å². The first-order valence-electron chi connectivity index (χ1n) is 9.84. The number of anilines is 1. The van der Waals surface area contributed by atoms with Crippen LogP contribution in [0, 0.1) is 11.8 Å². The molecule has 3 rings (SSSR count). The molecule has 0 aliphatic heterocycles. The standard InChI is InChI=1S/C22H27N3O3/c1-3-4-12-28-22-17(6-5-11-23-22)14-24-20(26)16-7-9-18(10-8-16)25-21(27)19-13-15(19)2/h5-11,15,19H,3-4,12-14H2,1-2H3,(H,24,26)(H,25,27). The van der Waals surface area contributed by atoms with Crippen molar-refractivity contribution in [2.75, 3.05) is 11.9 Å². The monoisotopic (exact) mass is 381 g/mol. The second-order valence-corrected chi connectivity index (χ2v) is 7.24. The Balaban J connectivity index is 1.53. The number of rotatable bonds is 9. The second-order valence-electron chi connectivity index (χ2n) is 7.24. The number of carbonyl (C=O) groups excluding carboxylic acids is 2. The number of hydrogen-bond donors (Lipinski definition) is 2. The molecule has 1 saturated carbocycles. The van der Waals surface area contributed by atoms with E-state index in [1.54, 1.807) is 30.5 Å². The van der Waals surface area contributed by atoms with E-state index in [0.717, 1.165) is 24.8 Å². The van der Waals surface area contributed by atoms with Crippen LogP contribution in [-0.2, 0) is 11.3 Å². The summed E-state index contributed by atoms with van der Waals surface area (Å²) in [6, 6.07) is 10.7. The number of ether oxygens (including phenoxy) is 1. The van der Waals surface area contributed by atoms with Gasteiger partial charge in [-0.2, -0.15) is 0 Å². The Morgan fingerprint density at radius 2 is 1.96 bits per heavy atom. The number of pyridine rings is 1. The van der Waals surface area contributed by atoms with Gasteiger partial charge in [0.2, 0.25) is 11.8 Å². The number of hydrogen-bond acceptors (Lipinski definition) is 4. The number of aromatic nitrogens is 1. The summed E-state index contributed by atoms with van der Waals surface area (Å²) in [5.41, 5.74) is 2.09. The number of carbonyl (C=O) groups is 2. The fraction of sp³-hybridized carbons (Fsp3) is 0.409.